The lowest BCUT2D eigenvalue weighted by Crippen LogP contribution is -2.46. The molecule has 4 rings (SSSR count). The first-order valence-corrected chi connectivity index (χ1v) is 11.0. The van der Waals surface area contributed by atoms with E-state index in [1.807, 2.05) is 18.3 Å². The summed E-state index contributed by atoms with van der Waals surface area (Å²) in [6, 6.07) is 0. The smallest absolute Gasteiger partial charge is 0.414 e. The number of likely N-dealkylation sites (N-methyl/N-ethyl adjacent to an activating group) is 1. The summed E-state index contributed by atoms with van der Waals surface area (Å²) in [6.45, 7) is 9.89. The third kappa shape index (κ3) is 6.83. The fourth-order valence-electron chi connectivity index (χ4n) is 3.59. The number of carboxylic acid groups (broad SMARTS) is 4. The number of anilines is 1. The first kappa shape index (κ1) is 25.9. The molecule has 3 heterocycles. The Morgan fingerprint density at radius 2 is 1.42 bits per heavy atom. The average molecular weight is 483 g/mol. The Labute approximate surface area is 193 Å². The highest BCUT2D eigenvalue weighted by molar-refractivity contribution is 7.19. The second-order valence-corrected chi connectivity index (χ2v) is 8.36. The number of piperazine rings is 1. The molecule has 0 amide bonds. The molecule has 0 saturated carbocycles. The third-order valence-corrected chi connectivity index (χ3v) is 6.33. The maximum Gasteiger partial charge on any atom is 0.414 e. The van der Waals surface area contributed by atoms with Crippen LogP contribution >= 0.6 is 11.3 Å². The van der Waals surface area contributed by atoms with Gasteiger partial charge in [0.1, 0.15) is 16.5 Å². The molecule has 13 heteroatoms. The Balaban J connectivity index is 0.000000269. The lowest BCUT2D eigenvalue weighted by atomic mass is 10.1. The topological polar surface area (TPSA) is 181 Å². The Morgan fingerprint density at radius 3 is 1.91 bits per heavy atom. The van der Waals surface area contributed by atoms with E-state index in [2.05, 4.69) is 16.7 Å². The fraction of sp³-hybridized carbons (Fsp3) is 0.500. The van der Waals surface area contributed by atoms with Gasteiger partial charge in [-0.2, -0.15) is 0 Å². The molecule has 2 aliphatic rings. The van der Waals surface area contributed by atoms with Crippen LogP contribution in [0.3, 0.4) is 0 Å². The number of carboxylic acids is 4. The number of nitrogens with zero attached hydrogens (tertiary/aromatic N) is 4. The van der Waals surface area contributed by atoms with Gasteiger partial charge in [-0.1, -0.05) is 6.92 Å². The van der Waals surface area contributed by atoms with Gasteiger partial charge in [-0.05, 0) is 38.3 Å². The van der Waals surface area contributed by atoms with Gasteiger partial charge in [0.25, 0.3) is 0 Å². The van der Waals surface area contributed by atoms with E-state index in [4.69, 9.17) is 49.6 Å². The Morgan fingerprint density at radius 1 is 0.879 bits per heavy atom. The van der Waals surface area contributed by atoms with Crippen LogP contribution in [-0.2, 0) is 32.0 Å². The van der Waals surface area contributed by atoms with E-state index in [0.29, 0.717) is 0 Å². The quantitative estimate of drug-likeness (QED) is 0.445. The van der Waals surface area contributed by atoms with Crippen molar-refractivity contribution in [2.75, 3.05) is 37.6 Å². The Bertz CT molecular complexity index is 998. The van der Waals surface area contributed by atoms with Crippen LogP contribution in [0.4, 0.5) is 5.82 Å². The molecule has 2 aromatic heterocycles. The molecular weight excluding hydrogens is 456 g/mol. The van der Waals surface area contributed by atoms with Gasteiger partial charge in [-0.25, -0.2) is 29.1 Å². The second kappa shape index (κ2) is 11.5. The van der Waals surface area contributed by atoms with Crippen LogP contribution in [0.5, 0.6) is 0 Å². The van der Waals surface area contributed by atoms with Crippen molar-refractivity contribution in [3.8, 4) is 0 Å². The molecule has 0 bridgehead atoms. The lowest BCUT2D eigenvalue weighted by Gasteiger charge is -2.35. The number of aryl methyl sites for hydroxylation is 3. The maximum absolute atomic E-state index is 9.10. The monoisotopic (exact) mass is 482 g/mol. The minimum Gasteiger partial charge on any atom is -0.473 e. The van der Waals surface area contributed by atoms with Gasteiger partial charge in [-0.3, -0.25) is 0 Å². The first-order chi connectivity index (χ1) is 15.5. The van der Waals surface area contributed by atoms with E-state index in [9.17, 15) is 0 Å². The molecule has 0 spiro atoms. The summed E-state index contributed by atoms with van der Waals surface area (Å²) in [4.78, 5) is 53.7. The Hall–Kier alpha value is -3.32. The largest absolute Gasteiger partial charge is 0.473 e. The van der Waals surface area contributed by atoms with E-state index < -0.39 is 23.9 Å². The van der Waals surface area contributed by atoms with Crippen LogP contribution in [-0.4, -0.2) is 91.9 Å². The van der Waals surface area contributed by atoms with Crippen molar-refractivity contribution in [3.63, 3.8) is 0 Å². The molecule has 4 N–H and O–H groups in total. The van der Waals surface area contributed by atoms with Gasteiger partial charge >= 0.3 is 23.9 Å². The predicted molar refractivity (Wildman–Crippen MR) is 119 cm³/mol. The average Bonchev–Trinajstić information content (AvgIpc) is 3.35. The van der Waals surface area contributed by atoms with Crippen molar-refractivity contribution in [1.82, 2.24) is 14.9 Å². The summed E-state index contributed by atoms with van der Waals surface area (Å²) in [6.07, 6.45) is 3.75. The van der Waals surface area contributed by atoms with Crippen molar-refractivity contribution >= 4 is 51.2 Å². The van der Waals surface area contributed by atoms with E-state index in [0.717, 1.165) is 38.5 Å². The van der Waals surface area contributed by atoms with E-state index in [1.54, 1.807) is 10.4 Å². The van der Waals surface area contributed by atoms with Crippen molar-refractivity contribution in [1.29, 1.82) is 0 Å². The summed E-state index contributed by atoms with van der Waals surface area (Å²) < 4.78 is 0. The number of aliphatic carboxylic acids is 4. The zero-order chi connectivity index (χ0) is 24.7. The van der Waals surface area contributed by atoms with Crippen molar-refractivity contribution in [2.24, 2.45) is 0 Å². The number of carbonyl (C=O) groups is 4. The molecule has 0 radical (unpaired) electrons. The molecule has 33 heavy (non-hydrogen) atoms. The van der Waals surface area contributed by atoms with Crippen molar-refractivity contribution in [2.45, 2.75) is 33.1 Å². The fourth-order valence-corrected chi connectivity index (χ4v) is 4.89. The summed E-state index contributed by atoms with van der Waals surface area (Å²) in [5, 5.41) is 30.9. The molecule has 180 valence electrons. The number of fused-ring (bicyclic) bond motifs is 3. The number of hydrogen-bond donors (Lipinski definition) is 4. The Kier molecular flexibility index (Phi) is 9.05. The molecule has 1 aliphatic heterocycles. The van der Waals surface area contributed by atoms with Gasteiger partial charge < -0.3 is 30.2 Å². The highest BCUT2D eigenvalue weighted by Gasteiger charge is 2.26. The van der Waals surface area contributed by atoms with Crippen LogP contribution in [0.1, 0.15) is 29.6 Å². The van der Waals surface area contributed by atoms with Crippen LogP contribution in [0, 0.1) is 6.92 Å². The molecule has 12 nitrogen and oxygen atoms in total. The number of hydrogen-bond acceptors (Lipinski definition) is 9. The summed E-state index contributed by atoms with van der Waals surface area (Å²) in [5.41, 5.74) is 1.54. The minimum atomic E-state index is -1.82. The van der Waals surface area contributed by atoms with Crippen molar-refractivity contribution in [3.05, 3.63) is 16.3 Å². The normalized spacial score (nSPS) is 15.0. The summed E-state index contributed by atoms with van der Waals surface area (Å²) in [7, 11) is 0. The molecule has 2 aromatic rings. The zero-order valence-corrected chi connectivity index (χ0v) is 19.1. The number of thiophene rings is 1. The zero-order valence-electron chi connectivity index (χ0n) is 18.3. The predicted octanol–water partition coefficient (Wildman–Crippen LogP) is 0.942. The summed E-state index contributed by atoms with van der Waals surface area (Å²) in [5.74, 6) is -5.18. The molecule has 0 unspecified atom stereocenters. The highest BCUT2D eigenvalue weighted by Crippen LogP contribution is 2.40. The summed E-state index contributed by atoms with van der Waals surface area (Å²) >= 11 is 1.90. The third-order valence-electron chi connectivity index (χ3n) is 5.14. The molecule has 1 fully saturated rings. The number of aromatic nitrogens is 2. The van der Waals surface area contributed by atoms with Crippen LogP contribution in [0.15, 0.2) is 0 Å². The van der Waals surface area contributed by atoms with Crippen molar-refractivity contribution < 1.29 is 39.6 Å². The minimum absolute atomic E-state index is 0.912. The molecule has 0 aromatic carbocycles. The highest BCUT2D eigenvalue weighted by atomic mass is 32.1. The van der Waals surface area contributed by atoms with E-state index >= 15 is 0 Å². The van der Waals surface area contributed by atoms with Crippen LogP contribution in [0.2, 0.25) is 0 Å². The molecule has 1 aliphatic carbocycles. The van der Waals surface area contributed by atoms with Gasteiger partial charge in [-0.15, -0.1) is 11.3 Å². The van der Waals surface area contributed by atoms with Gasteiger partial charge in [0.05, 0.1) is 5.39 Å². The van der Waals surface area contributed by atoms with Crippen LogP contribution in [0.25, 0.3) is 10.2 Å². The van der Waals surface area contributed by atoms with Gasteiger partial charge in [0, 0.05) is 31.1 Å². The second-order valence-electron chi connectivity index (χ2n) is 7.27. The molecular formula is C20H26N4O8S. The van der Waals surface area contributed by atoms with E-state index in [-0.39, 0.29) is 0 Å². The van der Waals surface area contributed by atoms with Gasteiger partial charge in [0.2, 0.25) is 0 Å². The standard InChI is InChI=1S/C16H22N4S.2C2H2O4/c1-3-19-7-9-20(10-8-19)15-14-12-5-4-6-13(12)21-16(14)18-11(2)17-15;2*3-1(4)2(5)6/h3-10H2,1-2H3;2*(H,3,4)(H,5,6). The number of rotatable bonds is 2. The first-order valence-electron chi connectivity index (χ1n) is 10.2. The maximum atomic E-state index is 9.10. The van der Waals surface area contributed by atoms with Crippen LogP contribution < -0.4 is 4.90 Å². The SMILES string of the molecule is CCN1CCN(c2nc(C)nc3sc4c(c23)CCC4)CC1.O=C(O)C(=O)O.O=C(O)C(=O)O. The van der Waals surface area contributed by atoms with E-state index in [1.165, 1.54) is 35.3 Å². The van der Waals surface area contributed by atoms with Gasteiger partial charge in [0.15, 0.2) is 0 Å². The lowest BCUT2D eigenvalue weighted by molar-refractivity contribution is -0.159. The molecule has 0 atom stereocenters. The molecule has 1 saturated heterocycles.